The van der Waals surface area contributed by atoms with Crippen molar-refractivity contribution in [1.82, 2.24) is 19.7 Å². The van der Waals surface area contributed by atoms with Crippen LogP contribution in [0.25, 0.3) is 0 Å². The van der Waals surface area contributed by atoms with Gasteiger partial charge in [0.15, 0.2) is 5.16 Å². The zero-order chi connectivity index (χ0) is 22.8. The van der Waals surface area contributed by atoms with E-state index < -0.39 is 0 Å². The van der Waals surface area contributed by atoms with Gasteiger partial charge < -0.3 is 14.2 Å². The van der Waals surface area contributed by atoms with Crippen molar-refractivity contribution in [2.24, 2.45) is 17.8 Å². The summed E-state index contributed by atoms with van der Waals surface area (Å²) in [5.74, 6) is 2.96. The first kappa shape index (κ1) is 23.2. The lowest BCUT2D eigenvalue weighted by Gasteiger charge is -2.60. The summed E-state index contributed by atoms with van der Waals surface area (Å²) in [5.41, 5.74) is 1.16. The second-order valence-electron chi connectivity index (χ2n) is 10.2. The number of hydrogen-bond acceptors (Lipinski definition) is 5. The van der Waals surface area contributed by atoms with Crippen LogP contribution in [0.4, 0.5) is 0 Å². The zero-order valence-electron chi connectivity index (χ0n) is 19.3. The van der Waals surface area contributed by atoms with Gasteiger partial charge in [-0.1, -0.05) is 35.5 Å². The molecule has 0 atom stereocenters. The van der Waals surface area contributed by atoms with Gasteiger partial charge in [0.1, 0.15) is 6.33 Å². The van der Waals surface area contributed by atoms with Crippen LogP contribution in [0.5, 0.6) is 0 Å². The number of benzene rings is 1. The second-order valence-corrected chi connectivity index (χ2v) is 11.6. The monoisotopic (exact) mass is 488 g/mol. The highest BCUT2D eigenvalue weighted by Crippen LogP contribution is 2.58. The molecule has 0 unspecified atom stereocenters. The van der Waals surface area contributed by atoms with Gasteiger partial charge in [0.2, 0.25) is 5.91 Å². The first-order chi connectivity index (χ1) is 16.0. The third-order valence-electron chi connectivity index (χ3n) is 7.79. The predicted octanol–water partition coefficient (Wildman–Crippen LogP) is 5.06. The molecule has 0 saturated heterocycles. The minimum atomic E-state index is 0.0121. The van der Waals surface area contributed by atoms with Crippen LogP contribution in [0, 0.1) is 17.8 Å². The molecule has 0 radical (unpaired) electrons. The fraction of sp³-hybridized carbons (Fsp3) is 0.640. The lowest BCUT2D eigenvalue weighted by molar-refractivity contribution is -0.149. The molecule has 1 aromatic carbocycles. The van der Waals surface area contributed by atoms with Crippen molar-refractivity contribution < 1.29 is 9.53 Å². The topological polar surface area (TPSA) is 60.2 Å². The van der Waals surface area contributed by atoms with Crippen molar-refractivity contribution >= 4 is 29.3 Å². The predicted molar refractivity (Wildman–Crippen MR) is 130 cm³/mol. The Kier molecular flexibility index (Phi) is 7.00. The molecule has 178 valence electrons. The summed E-state index contributed by atoms with van der Waals surface area (Å²) < 4.78 is 7.18. The molecule has 4 aliphatic rings. The van der Waals surface area contributed by atoms with Gasteiger partial charge >= 0.3 is 0 Å². The number of carbonyl (C=O) groups is 1. The minimum Gasteiger partial charge on any atom is -0.385 e. The molecule has 0 N–H and O–H groups in total. The molecule has 0 spiro atoms. The maximum absolute atomic E-state index is 13.8. The van der Waals surface area contributed by atoms with Crippen LogP contribution < -0.4 is 0 Å². The summed E-state index contributed by atoms with van der Waals surface area (Å²) in [6.45, 7) is 2.15. The molecule has 33 heavy (non-hydrogen) atoms. The second kappa shape index (κ2) is 9.96. The Hall–Kier alpha value is -1.57. The molecule has 6 nitrogen and oxygen atoms in total. The summed E-state index contributed by atoms with van der Waals surface area (Å²) in [7, 11) is 1.71. The van der Waals surface area contributed by atoms with Gasteiger partial charge in [-0.15, -0.1) is 10.2 Å². The third kappa shape index (κ3) is 5.10. The fourth-order valence-corrected chi connectivity index (χ4v) is 7.72. The van der Waals surface area contributed by atoms with E-state index in [1.54, 1.807) is 13.4 Å². The van der Waals surface area contributed by atoms with Gasteiger partial charge in [-0.3, -0.25) is 4.79 Å². The lowest BCUT2D eigenvalue weighted by Crippen LogP contribution is -2.61. The summed E-state index contributed by atoms with van der Waals surface area (Å²) in [5, 5.41) is 9.86. The van der Waals surface area contributed by atoms with Crippen molar-refractivity contribution in [2.75, 3.05) is 19.5 Å². The number of halogens is 1. The smallest absolute Gasteiger partial charge is 0.233 e. The molecule has 4 saturated carbocycles. The normalized spacial score (nSPS) is 27.8. The number of hydrogen-bond donors (Lipinski definition) is 0. The summed E-state index contributed by atoms with van der Waals surface area (Å²) in [6.07, 6.45) is 10.2. The molecule has 8 heteroatoms. The van der Waals surface area contributed by atoms with Crippen molar-refractivity contribution in [3.63, 3.8) is 0 Å². The maximum atomic E-state index is 13.8. The van der Waals surface area contributed by atoms with E-state index in [1.165, 1.54) is 31.0 Å². The van der Waals surface area contributed by atoms with Crippen LogP contribution in [0.2, 0.25) is 5.02 Å². The number of aryl methyl sites for hydroxylation is 1. The van der Waals surface area contributed by atoms with Crippen molar-refractivity contribution in [3.05, 3.63) is 41.2 Å². The first-order valence-corrected chi connectivity index (χ1v) is 13.5. The highest BCUT2D eigenvalue weighted by atomic mass is 35.5. The molecule has 6 rings (SSSR count). The molecular weight excluding hydrogens is 456 g/mol. The molecular formula is C25H33ClN4O2S. The SMILES string of the molecule is COCCCn1cnnc1SCC(=O)N(Cc1ccc(Cl)cc1)C12CC3CC(CC(C3)C1)C2. The van der Waals surface area contributed by atoms with E-state index in [-0.39, 0.29) is 11.4 Å². The quantitative estimate of drug-likeness (QED) is 0.345. The van der Waals surface area contributed by atoms with Crippen LogP contribution in [0.15, 0.2) is 35.7 Å². The zero-order valence-corrected chi connectivity index (χ0v) is 20.9. The summed E-state index contributed by atoms with van der Waals surface area (Å²) in [4.78, 5) is 16.0. The third-order valence-corrected chi connectivity index (χ3v) is 9.00. The Morgan fingerprint density at radius 3 is 2.48 bits per heavy atom. The van der Waals surface area contributed by atoms with Crippen molar-refractivity contribution in [3.8, 4) is 0 Å². The average Bonchev–Trinajstić information content (AvgIpc) is 3.23. The van der Waals surface area contributed by atoms with E-state index in [4.69, 9.17) is 16.3 Å². The van der Waals surface area contributed by atoms with E-state index in [1.807, 2.05) is 16.7 Å². The molecule has 2 aromatic rings. The van der Waals surface area contributed by atoms with E-state index in [2.05, 4.69) is 27.2 Å². The van der Waals surface area contributed by atoms with Gasteiger partial charge in [0.05, 0.1) is 5.75 Å². The van der Waals surface area contributed by atoms with Crippen LogP contribution in [0.1, 0.15) is 50.5 Å². The fourth-order valence-electron chi connectivity index (χ4n) is 6.78. The Labute approximate surface area is 205 Å². The van der Waals surface area contributed by atoms with E-state index in [0.29, 0.717) is 18.9 Å². The molecule has 1 aromatic heterocycles. The van der Waals surface area contributed by atoms with Crippen LogP contribution in [-0.4, -0.2) is 50.6 Å². The molecule has 4 bridgehead atoms. The Balaban J connectivity index is 1.33. The minimum absolute atomic E-state index is 0.0121. The molecule has 1 amide bonds. The van der Waals surface area contributed by atoms with Crippen molar-refractivity contribution in [1.29, 1.82) is 0 Å². The van der Waals surface area contributed by atoms with Gasteiger partial charge in [0.25, 0.3) is 0 Å². The molecule has 0 aliphatic heterocycles. The largest absolute Gasteiger partial charge is 0.385 e. The van der Waals surface area contributed by atoms with Crippen LogP contribution in [0.3, 0.4) is 0 Å². The van der Waals surface area contributed by atoms with Gasteiger partial charge in [-0.25, -0.2) is 0 Å². The Bertz CT molecular complexity index is 928. The van der Waals surface area contributed by atoms with Gasteiger partial charge in [0, 0.05) is 37.4 Å². The highest BCUT2D eigenvalue weighted by Gasteiger charge is 2.54. The summed E-state index contributed by atoms with van der Waals surface area (Å²) in [6, 6.07) is 7.97. The standard InChI is InChI=1S/C25H33ClN4O2S/c1-32-8-2-7-29-17-27-28-24(29)33-16-23(31)30(15-18-3-5-22(26)6-4-18)25-12-19-9-20(13-25)11-21(10-19)14-25/h3-6,17,19-21H,2,7-16H2,1H3. The average molecular weight is 489 g/mol. The molecule has 1 heterocycles. The number of thioether (sulfide) groups is 1. The number of carbonyl (C=O) groups excluding carboxylic acids is 1. The number of aromatic nitrogens is 3. The summed E-state index contributed by atoms with van der Waals surface area (Å²) >= 11 is 7.63. The Morgan fingerprint density at radius 2 is 1.85 bits per heavy atom. The van der Waals surface area contributed by atoms with Gasteiger partial charge in [-0.05, 0) is 80.4 Å². The number of methoxy groups -OCH3 is 1. The lowest BCUT2D eigenvalue weighted by atomic mass is 9.52. The Morgan fingerprint density at radius 1 is 1.18 bits per heavy atom. The maximum Gasteiger partial charge on any atom is 0.233 e. The van der Waals surface area contributed by atoms with Crippen LogP contribution >= 0.6 is 23.4 Å². The number of ether oxygens (including phenoxy) is 1. The molecule has 4 aliphatic carbocycles. The highest BCUT2D eigenvalue weighted by molar-refractivity contribution is 7.99. The molecule has 4 fully saturated rings. The number of rotatable bonds is 10. The number of amides is 1. The van der Waals surface area contributed by atoms with E-state index in [9.17, 15) is 4.79 Å². The number of nitrogens with zero attached hydrogens (tertiary/aromatic N) is 4. The van der Waals surface area contributed by atoms with Gasteiger partial charge in [-0.2, -0.15) is 0 Å². The van der Waals surface area contributed by atoms with Crippen molar-refractivity contribution in [2.45, 2.75) is 68.7 Å². The van der Waals surface area contributed by atoms with E-state index >= 15 is 0 Å². The first-order valence-electron chi connectivity index (χ1n) is 12.1. The van der Waals surface area contributed by atoms with E-state index in [0.717, 1.165) is 65.7 Å². The van der Waals surface area contributed by atoms with Crippen LogP contribution in [-0.2, 0) is 22.6 Å².